The first-order valence-corrected chi connectivity index (χ1v) is 17.6. The second kappa shape index (κ2) is 14.8. The fourth-order valence-electron chi connectivity index (χ4n) is 7.62. The van der Waals surface area contributed by atoms with Crippen molar-refractivity contribution in [1.29, 1.82) is 0 Å². The van der Waals surface area contributed by atoms with Gasteiger partial charge in [0.2, 0.25) is 17.7 Å². The Morgan fingerprint density at radius 2 is 1.48 bits per heavy atom. The third kappa shape index (κ3) is 7.38. The van der Waals surface area contributed by atoms with Gasteiger partial charge in [0.05, 0.1) is 12.0 Å². The Morgan fingerprint density at radius 3 is 2.04 bits per heavy atom. The molecule has 1 unspecified atom stereocenters. The van der Waals surface area contributed by atoms with E-state index in [1.807, 2.05) is 24.3 Å². The Kier molecular flexibility index (Phi) is 10.0. The van der Waals surface area contributed by atoms with Crippen molar-refractivity contribution in [3.05, 3.63) is 107 Å². The van der Waals surface area contributed by atoms with Crippen LogP contribution >= 0.6 is 0 Å². The van der Waals surface area contributed by atoms with Crippen LogP contribution < -0.4 is 20.1 Å². The van der Waals surface area contributed by atoms with Crippen LogP contribution in [0.4, 0.5) is 14.5 Å². The SMILES string of the molecule is COC1CCC(c2ccc(Oc3ccc(C(C)=O)nn3)cc2)(c2ccc(OC3CC(Nc4cc(F)c(C5CCC(=O)NC5=O)c(F)c4)C3)cc2)CC1. The standard InChI is InChI=1S/C40H40F2N4O6/c1-23(47)35-12-14-37(46-45-35)52-30-9-5-25(6-10-30)40(17-15-28(50-2)16-18-40)24-3-7-29(8-4-24)51-31-19-26(20-31)43-27-21-33(41)38(34(42)22-27)32-11-13-36(48)44-39(32)49/h3-10,12,14,21-22,26,28,31-32,43H,11,13,15-20H2,1-2H3,(H,44,48,49). The number of hydrogen-bond acceptors (Lipinski definition) is 9. The highest BCUT2D eigenvalue weighted by molar-refractivity contribution is 6.01. The zero-order valence-electron chi connectivity index (χ0n) is 29.0. The quantitative estimate of drug-likeness (QED) is 0.123. The number of amides is 2. The molecule has 12 heteroatoms. The molecular formula is C40H40F2N4O6. The molecule has 7 rings (SSSR count). The molecule has 4 aromatic rings. The molecule has 2 amide bonds. The van der Waals surface area contributed by atoms with Crippen LogP contribution in [-0.2, 0) is 19.7 Å². The fraction of sp³-hybridized carbons (Fsp3) is 0.375. The van der Waals surface area contributed by atoms with E-state index < -0.39 is 29.4 Å². The molecule has 1 saturated heterocycles. The number of piperidine rings is 1. The fourth-order valence-corrected chi connectivity index (χ4v) is 7.62. The molecule has 3 fully saturated rings. The maximum atomic E-state index is 15.0. The van der Waals surface area contributed by atoms with Crippen molar-refractivity contribution in [2.24, 2.45) is 0 Å². The van der Waals surface area contributed by atoms with Crippen molar-refractivity contribution in [2.75, 3.05) is 12.4 Å². The number of halogens is 2. The zero-order valence-corrected chi connectivity index (χ0v) is 29.0. The van der Waals surface area contributed by atoms with Gasteiger partial charge in [-0.2, -0.15) is 0 Å². The summed E-state index contributed by atoms with van der Waals surface area (Å²) in [5, 5.41) is 13.3. The monoisotopic (exact) mass is 710 g/mol. The van der Waals surface area contributed by atoms with Crippen LogP contribution in [0, 0.1) is 11.6 Å². The van der Waals surface area contributed by atoms with Crippen molar-refractivity contribution < 1.29 is 37.4 Å². The van der Waals surface area contributed by atoms with Gasteiger partial charge in [0.1, 0.15) is 34.9 Å². The van der Waals surface area contributed by atoms with Gasteiger partial charge in [-0.25, -0.2) is 8.78 Å². The van der Waals surface area contributed by atoms with E-state index in [1.54, 1.807) is 19.2 Å². The molecule has 1 atom stereocenters. The molecule has 2 saturated carbocycles. The first kappa shape index (κ1) is 35.2. The average molecular weight is 711 g/mol. The van der Waals surface area contributed by atoms with Crippen molar-refractivity contribution in [1.82, 2.24) is 15.5 Å². The molecule has 1 aliphatic heterocycles. The number of ether oxygens (including phenoxy) is 3. The number of nitrogens with one attached hydrogen (secondary N) is 2. The van der Waals surface area contributed by atoms with Gasteiger partial charge in [0.15, 0.2) is 5.78 Å². The minimum Gasteiger partial charge on any atom is -0.490 e. The maximum absolute atomic E-state index is 15.0. The summed E-state index contributed by atoms with van der Waals surface area (Å²) in [5.74, 6) is -2.26. The highest BCUT2D eigenvalue weighted by Crippen LogP contribution is 2.46. The number of ketones is 1. The number of nitrogens with zero attached hydrogens (tertiary/aromatic N) is 2. The highest BCUT2D eigenvalue weighted by Gasteiger charge is 2.39. The van der Waals surface area contributed by atoms with Gasteiger partial charge in [-0.1, -0.05) is 24.3 Å². The third-order valence-electron chi connectivity index (χ3n) is 10.6. The summed E-state index contributed by atoms with van der Waals surface area (Å²) in [6, 6.07) is 21.9. The minimum absolute atomic E-state index is 0.0253. The number of carbonyl (C=O) groups excluding carboxylic acids is 3. The molecular weight excluding hydrogens is 670 g/mol. The molecule has 3 aromatic carbocycles. The lowest BCUT2D eigenvalue weighted by atomic mass is 9.64. The maximum Gasteiger partial charge on any atom is 0.238 e. The Morgan fingerprint density at radius 1 is 0.846 bits per heavy atom. The summed E-state index contributed by atoms with van der Waals surface area (Å²) in [6.45, 7) is 1.44. The van der Waals surface area contributed by atoms with E-state index in [0.717, 1.165) is 31.4 Å². The van der Waals surface area contributed by atoms with Crippen LogP contribution in [0.5, 0.6) is 17.4 Å². The second-order valence-corrected chi connectivity index (χ2v) is 13.9. The van der Waals surface area contributed by atoms with E-state index in [-0.39, 0.29) is 53.5 Å². The Balaban J connectivity index is 0.978. The van der Waals surface area contributed by atoms with Gasteiger partial charge in [-0.3, -0.25) is 19.7 Å². The molecule has 2 aliphatic carbocycles. The van der Waals surface area contributed by atoms with Gasteiger partial charge in [0.25, 0.3) is 0 Å². The Hall–Kier alpha value is -5.23. The van der Waals surface area contributed by atoms with E-state index in [9.17, 15) is 23.2 Å². The first-order chi connectivity index (χ1) is 25.1. The number of methoxy groups -OCH3 is 1. The molecule has 52 heavy (non-hydrogen) atoms. The molecule has 0 bridgehead atoms. The van der Waals surface area contributed by atoms with Gasteiger partial charge < -0.3 is 19.5 Å². The number of aromatic nitrogens is 2. The molecule has 270 valence electrons. The summed E-state index contributed by atoms with van der Waals surface area (Å²) >= 11 is 0. The second-order valence-electron chi connectivity index (χ2n) is 13.9. The summed E-state index contributed by atoms with van der Waals surface area (Å²) < 4.78 is 47.8. The number of carbonyl (C=O) groups is 3. The Labute approximate surface area is 300 Å². The average Bonchev–Trinajstić information content (AvgIpc) is 3.12. The number of benzene rings is 3. The first-order valence-electron chi connectivity index (χ1n) is 17.6. The van der Waals surface area contributed by atoms with Crippen LogP contribution in [-0.4, -0.2) is 53.2 Å². The predicted molar refractivity (Wildman–Crippen MR) is 188 cm³/mol. The van der Waals surface area contributed by atoms with E-state index in [2.05, 4.69) is 45.1 Å². The lowest BCUT2D eigenvalue weighted by Crippen LogP contribution is -2.42. The summed E-state index contributed by atoms with van der Waals surface area (Å²) in [4.78, 5) is 35.2. The molecule has 2 N–H and O–H groups in total. The van der Waals surface area contributed by atoms with E-state index >= 15 is 0 Å². The lowest BCUT2D eigenvalue weighted by molar-refractivity contribution is -0.134. The van der Waals surface area contributed by atoms with E-state index in [1.165, 1.54) is 30.2 Å². The number of hydrogen-bond donors (Lipinski definition) is 2. The summed E-state index contributed by atoms with van der Waals surface area (Å²) in [5.41, 5.74) is 2.41. The molecule has 2 heterocycles. The van der Waals surface area contributed by atoms with Crippen molar-refractivity contribution in [3.63, 3.8) is 0 Å². The number of Topliss-reactive ketones (excluding diaryl/α,β-unsaturated/α-hetero) is 1. The van der Waals surface area contributed by atoms with E-state index in [0.29, 0.717) is 30.2 Å². The number of rotatable bonds is 11. The Bertz CT molecular complexity index is 1920. The molecule has 0 spiro atoms. The lowest BCUT2D eigenvalue weighted by Gasteiger charge is -2.41. The normalized spacial score (nSPS) is 24.4. The summed E-state index contributed by atoms with van der Waals surface area (Å²) in [7, 11) is 1.76. The van der Waals surface area contributed by atoms with Crippen LogP contribution in [0.3, 0.4) is 0 Å². The van der Waals surface area contributed by atoms with Crippen molar-refractivity contribution in [3.8, 4) is 17.4 Å². The zero-order chi connectivity index (χ0) is 36.4. The number of imide groups is 1. The minimum atomic E-state index is -1.03. The largest absolute Gasteiger partial charge is 0.490 e. The van der Waals surface area contributed by atoms with Gasteiger partial charge in [-0.05, 0) is 85.7 Å². The molecule has 3 aliphatic rings. The van der Waals surface area contributed by atoms with Crippen molar-refractivity contribution in [2.45, 2.75) is 87.9 Å². The van der Waals surface area contributed by atoms with Crippen LogP contribution in [0.1, 0.15) is 91.4 Å². The van der Waals surface area contributed by atoms with Crippen LogP contribution in [0.15, 0.2) is 72.8 Å². The summed E-state index contributed by atoms with van der Waals surface area (Å²) in [6.07, 6.45) is 5.26. The smallest absolute Gasteiger partial charge is 0.238 e. The predicted octanol–water partition coefficient (Wildman–Crippen LogP) is 7.17. The van der Waals surface area contributed by atoms with Crippen molar-refractivity contribution >= 4 is 23.3 Å². The topological polar surface area (TPSA) is 129 Å². The van der Waals surface area contributed by atoms with Crippen LogP contribution in [0.25, 0.3) is 0 Å². The highest BCUT2D eigenvalue weighted by atomic mass is 19.1. The molecule has 1 aromatic heterocycles. The van der Waals surface area contributed by atoms with Gasteiger partial charge in [0, 0.05) is 62.1 Å². The molecule has 10 nitrogen and oxygen atoms in total. The third-order valence-corrected chi connectivity index (χ3v) is 10.6. The number of anilines is 1. The van der Waals surface area contributed by atoms with Crippen LogP contribution in [0.2, 0.25) is 0 Å². The van der Waals surface area contributed by atoms with Gasteiger partial charge >= 0.3 is 0 Å². The van der Waals surface area contributed by atoms with Gasteiger partial charge in [-0.15, -0.1) is 10.2 Å². The van der Waals surface area contributed by atoms with E-state index in [4.69, 9.17) is 14.2 Å². The molecule has 0 radical (unpaired) electrons.